The van der Waals surface area contributed by atoms with Gasteiger partial charge in [0.25, 0.3) is 5.91 Å². The third-order valence-electron chi connectivity index (χ3n) is 3.26. The monoisotopic (exact) mass is 265 g/mol. The number of nitrogens with two attached hydrogens (primary N) is 1. The molecule has 0 aliphatic rings. The van der Waals surface area contributed by atoms with Crippen LogP contribution in [0.25, 0.3) is 10.9 Å². The van der Waals surface area contributed by atoms with Gasteiger partial charge in [0.15, 0.2) is 0 Å². The van der Waals surface area contributed by atoms with Gasteiger partial charge in [-0.1, -0.05) is 12.1 Å². The summed E-state index contributed by atoms with van der Waals surface area (Å²) in [6.07, 6.45) is 1.88. The molecule has 100 valence electrons. The molecule has 0 saturated carbocycles. The quantitative estimate of drug-likeness (QED) is 0.681. The number of benzene rings is 2. The van der Waals surface area contributed by atoms with Crippen LogP contribution in [0.15, 0.2) is 54.7 Å². The maximum atomic E-state index is 12.1. The number of fused-ring (bicyclic) bond motifs is 1. The first-order valence-corrected chi connectivity index (χ1v) is 6.44. The van der Waals surface area contributed by atoms with Gasteiger partial charge in [0.1, 0.15) is 0 Å². The SMILES string of the molecule is NCc1ccc(C(=O)Nc2ccc3[nH]ccc3c2)cc1. The van der Waals surface area contributed by atoms with Gasteiger partial charge in [-0.25, -0.2) is 0 Å². The molecule has 0 aliphatic heterocycles. The first-order valence-electron chi connectivity index (χ1n) is 6.44. The summed E-state index contributed by atoms with van der Waals surface area (Å²) in [7, 11) is 0. The molecule has 2 aromatic carbocycles. The molecule has 0 saturated heterocycles. The van der Waals surface area contributed by atoms with Gasteiger partial charge in [0, 0.05) is 34.9 Å². The smallest absolute Gasteiger partial charge is 0.255 e. The van der Waals surface area contributed by atoms with E-state index in [1.807, 2.05) is 42.6 Å². The van der Waals surface area contributed by atoms with Crippen molar-refractivity contribution in [3.63, 3.8) is 0 Å². The van der Waals surface area contributed by atoms with Crippen molar-refractivity contribution in [2.24, 2.45) is 5.73 Å². The lowest BCUT2D eigenvalue weighted by Gasteiger charge is -2.06. The Morgan fingerprint density at radius 3 is 2.65 bits per heavy atom. The minimum atomic E-state index is -0.122. The average molecular weight is 265 g/mol. The maximum Gasteiger partial charge on any atom is 0.255 e. The zero-order valence-electron chi connectivity index (χ0n) is 10.9. The second-order valence-corrected chi connectivity index (χ2v) is 4.63. The molecule has 1 amide bonds. The Morgan fingerprint density at radius 1 is 1.10 bits per heavy atom. The van der Waals surface area contributed by atoms with Crippen molar-refractivity contribution in [1.82, 2.24) is 4.98 Å². The summed E-state index contributed by atoms with van der Waals surface area (Å²) >= 11 is 0. The van der Waals surface area contributed by atoms with Crippen molar-refractivity contribution < 1.29 is 4.79 Å². The summed E-state index contributed by atoms with van der Waals surface area (Å²) in [5.41, 5.74) is 9.00. The molecule has 0 unspecified atom stereocenters. The van der Waals surface area contributed by atoms with E-state index in [0.29, 0.717) is 12.1 Å². The summed E-state index contributed by atoms with van der Waals surface area (Å²) in [5, 5.41) is 3.96. The molecule has 0 spiro atoms. The minimum Gasteiger partial charge on any atom is -0.361 e. The highest BCUT2D eigenvalue weighted by Gasteiger charge is 2.06. The number of hydrogen-bond acceptors (Lipinski definition) is 2. The van der Waals surface area contributed by atoms with E-state index in [0.717, 1.165) is 22.2 Å². The first-order chi connectivity index (χ1) is 9.76. The lowest BCUT2D eigenvalue weighted by Crippen LogP contribution is -2.11. The van der Waals surface area contributed by atoms with Crippen LogP contribution in [0.1, 0.15) is 15.9 Å². The summed E-state index contributed by atoms with van der Waals surface area (Å²) in [4.78, 5) is 15.3. The van der Waals surface area contributed by atoms with Crippen LogP contribution in [0.3, 0.4) is 0 Å². The van der Waals surface area contributed by atoms with Crippen LogP contribution in [0.4, 0.5) is 5.69 Å². The Labute approximate surface area is 116 Å². The fourth-order valence-electron chi connectivity index (χ4n) is 2.13. The van der Waals surface area contributed by atoms with E-state index in [1.54, 1.807) is 12.1 Å². The molecule has 20 heavy (non-hydrogen) atoms. The Morgan fingerprint density at radius 2 is 1.90 bits per heavy atom. The van der Waals surface area contributed by atoms with Crippen molar-refractivity contribution in [3.8, 4) is 0 Å². The van der Waals surface area contributed by atoms with E-state index in [-0.39, 0.29) is 5.91 Å². The predicted octanol–water partition coefficient (Wildman–Crippen LogP) is 2.88. The summed E-state index contributed by atoms with van der Waals surface area (Å²) in [6.45, 7) is 0.478. The van der Waals surface area contributed by atoms with Crippen molar-refractivity contribution >= 4 is 22.5 Å². The third kappa shape index (κ3) is 2.41. The second kappa shape index (κ2) is 5.19. The standard InChI is InChI=1S/C16H15N3O/c17-10-11-1-3-12(4-2-11)16(20)19-14-5-6-15-13(9-14)7-8-18-15/h1-9,18H,10,17H2,(H,19,20). The number of anilines is 1. The highest BCUT2D eigenvalue weighted by molar-refractivity contribution is 6.05. The van der Waals surface area contributed by atoms with E-state index in [2.05, 4.69) is 10.3 Å². The number of hydrogen-bond donors (Lipinski definition) is 3. The Kier molecular flexibility index (Phi) is 3.23. The molecule has 4 N–H and O–H groups in total. The van der Waals surface area contributed by atoms with Gasteiger partial charge < -0.3 is 16.0 Å². The number of rotatable bonds is 3. The highest BCUT2D eigenvalue weighted by atomic mass is 16.1. The van der Waals surface area contributed by atoms with E-state index in [1.165, 1.54) is 0 Å². The lowest BCUT2D eigenvalue weighted by molar-refractivity contribution is 0.102. The number of aromatic nitrogens is 1. The topological polar surface area (TPSA) is 70.9 Å². The van der Waals surface area contributed by atoms with Crippen LogP contribution in [0.5, 0.6) is 0 Å². The van der Waals surface area contributed by atoms with Crippen molar-refractivity contribution in [3.05, 3.63) is 65.9 Å². The number of H-pyrrole nitrogens is 1. The maximum absolute atomic E-state index is 12.1. The molecule has 1 heterocycles. The molecule has 4 nitrogen and oxygen atoms in total. The van der Waals surface area contributed by atoms with Crippen molar-refractivity contribution in [2.45, 2.75) is 6.54 Å². The number of carbonyl (C=O) groups is 1. The van der Waals surface area contributed by atoms with Gasteiger partial charge in [-0.15, -0.1) is 0 Å². The van der Waals surface area contributed by atoms with Gasteiger partial charge in [-0.2, -0.15) is 0 Å². The zero-order valence-corrected chi connectivity index (χ0v) is 10.9. The molecule has 0 aliphatic carbocycles. The lowest BCUT2D eigenvalue weighted by atomic mass is 10.1. The van der Waals surface area contributed by atoms with Gasteiger partial charge in [-0.3, -0.25) is 4.79 Å². The molecule has 3 rings (SSSR count). The molecular formula is C16H15N3O. The molecule has 0 fully saturated rings. The second-order valence-electron chi connectivity index (χ2n) is 4.63. The zero-order chi connectivity index (χ0) is 13.9. The Hall–Kier alpha value is -2.59. The Balaban J connectivity index is 1.80. The molecular weight excluding hydrogens is 250 g/mol. The minimum absolute atomic E-state index is 0.122. The molecule has 3 aromatic rings. The number of aromatic amines is 1. The number of amides is 1. The van der Waals surface area contributed by atoms with Crippen LogP contribution < -0.4 is 11.1 Å². The normalized spacial score (nSPS) is 10.7. The van der Waals surface area contributed by atoms with Crippen LogP contribution in [-0.4, -0.2) is 10.9 Å². The first kappa shape index (κ1) is 12.4. The Bertz CT molecular complexity index is 744. The van der Waals surface area contributed by atoms with Crippen molar-refractivity contribution in [1.29, 1.82) is 0 Å². The van der Waals surface area contributed by atoms with Crippen LogP contribution in [0.2, 0.25) is 0 Å². The van der Waals surface area contributed by atoms with Gasteiger partial charge in [-0.05, 0) is 42.0 Å². The van der Waals surface area contributed by atoms with Crippen LogP contribution in [0, 0.1) is 0 Å². The average Bonchev–Trinajstić information content (AvgIpc) is 2.95. The van der Waals surface area contributed by atoms with Gasteiger partial charge >= 0.3 is 0 Å². The third-order valence-corrected chi connectivity index (χ3v) is 3.26. The van der Waals surface area contributed by atoms with E-state index in [4.69, 9.17) is 5.73 Å². The summed E-state index contributed by atoms with van der Waals surface area (Å²) in [6, 6.07) is 15.0. The van der Waals surface area contributed by atoms with Crippen LogP contribution >= 0.6 is 0 Å². The molecule has 0 bridgehead atoms. The summed E-state index contributed by atoms with van der Waals surface area (Å²) in [5.74, 6) is -0.122. The summed E-state index contributed by atoms with van der Waals surface area (Å²) < 4.78 is 0. The fourth-order valence-corrected chi connectivity index (χ4v) is 2.13. The fraction of sp³-hybridized carbons (Fsp3) is 0.0625. The predicted molar refractivity (Wildman–Crippen MR) is 80.6 cm³/mol. The van der Waals surface area contributed by atoms with Gasteiger partial charge in [0.05, 0.1) is 0 Å². The molecule has 0 radical (unpaired) electrons. The molecule has 4 heteroatoms. The van der Waals surface area contributed by atoms with E-state index >= 15 is 0 Å². The largest absolute Gasteiger partial charge is 0.361 e. The van der Waals surface area contributed by atoms with Crippen LogP contribution in [-0.2, 0) is 6.54 Å². The highest BCUT2D eigenvalue weighted by Crippen LogP contribution is 2.18. The number of carbonyl (C=O) groups excluding carboxylic acids is 1. The van der Waals surface area contributed by atoms with Crippen molar-refractivity contribution in [2.75, 3.05) is 5.32 Å². The molecule has 0 atom stereocenters. The van der Waals surface area contributed by atoms with E-state index < -0.39 is 0 Å². The molecule has 1 aromatic heterocycles. The van der Waals surface area contributed by atoms with Gasteiger partial charge in [0.2, 0.25) is 0 Å². The number of nitrogens with one attached hydrogen (secondary N) is 2. The van der Waals surface area contributed by atoms with E-state index in [9.17, 15) is 4.79 Å².